The van der Waals surface area contributed by atoms with E-state index in [0.29, 0.717) is 23.4 Å². The van der Waals surface area contributed by atoms with Crippen molar-refractivity contribution in [2.75, 3.05) is 7.11 Å². The Hall–Kier alpha value is -3.68. The van der Waals surface area contributed by atoms with Gasteiger partial charge in [0.15, 0.2) is 0 Å². The molecule has 4 aromatic rings. The molecular formula is C23H19F3N4O. The third-order valence-electron chi connectivity index (χ3n) is 4.83. The Morgan fingerprint density at radius 1 is 1.00 bits per heavy atom. The van der Waals surface area contributed by atoms with Crippen LogP contribution in [-0.4, -0.2) is 26.9 Å². The minimum atomic E-state index is -3.15. The van der Waals surface area contributed by atoms with E-state index in [4.69, 9.17) is 4.74 Å². The third-order valence-corrected chi connectivity index (χ3v) is 4.83. The highest BCUT2D eigenvalue weighted by molar-refractivity contribution is 5.72. The molecule has 0 unspecified atom stereocenters. The molecule has 3 heterocycles. The van der Waals surface area contributed by atoms with Crippen LogP contribution in [0.5, 0.6) is 5.75 Å². The predicted octanol–water partition coefficient (Wildman–Crippen LogP) is 4.87. The topological polar surface area (TPSA) is 52.8 Å². The summed E-state index contributed by atoms with van der Waals surface area (Å²) >= 11 is 0. The number of halogens is 3. The largest absolute Gasteiger partial charge is 0.496 e. The molecule has 0 fully saturated rings. The fraction of sp³-hybridized carbons (Fsp3) is 0.174. The van der Waals surface area contributed by atoms with Crippen LogP contribution in [0, 0.1) is 5.82 Å². The predicted molar refractivity (Wildman–Crippen MR) is 109 cm³/mol. The van der Waals surface area contributed by atoms with Gasteiger partial charge in [-0.3, -0.25) is 14.6 Å². The Morgan fingerprint density at radius 2 is 1.87 bits per heavy atom. The Morgan fingerprint density at radius 3 is 2.58 bits per heavy atom. The normalized spacial score (nSPS) is 11.5. The maximum absolute atomic E-state index is 14.5. The summed E-state index contributed by atoms with van der Waals surface area (Å²) in [5.74, 6) is -3.16. The van der Waals surface area contributed by atoms with Crippen LogP contribution in [0.25, 0.3) is 11.1 Å². The van der Waals surface area contributed by atoms with Crippen molar-refractivity contribution in [3.63, 3.8) is 0 Å². The van der Waals surface area contributed by atoms with Gasteiger partial charge in [-0.15, -0.1) is 0 Å². The monoisotopic (exact) mass is 424 g/mol. The molecule has 4 rings (SSSR count). The molecule has 0 amide bonds. The van der Waals surface area contributed by atoms with Gasteiger partial charge in [-0.1, -0.05) is 12.1 Å². The van der Waals surface area contributed by atoms with Gasteiger partial charge in [0.1, 0.15) is 23.8 Å². The first kappa shape index (κ1) is 20.6. The van der Waals surface area contributed by atoms with Crippen LogP contribution in [0.15, 0.2) is 73.3 Å². The summed E-state index contributed by atoms with van der Waals surface area (Å²) in [6, 6.07) is 12.5. The number of pyridine rings is 2. The number of aromatic nitrogens is 4. The molecule has 0 saturated heterocycles. The second kappa shape index (κ2) is 8.59. The van der Waals surface area contributed by atoms with Crippen LogP contribution in [0.1, 0.15) is 17.0 Å². The first-order chi connectivity index (χ1) is 15.0. The summed E-state index contributed by atoms with van der Waals surface area (Å²) in [7, 11) is 1.47. The molecule has 0 atom stereocenters. The van der Waals surface area contributed by atoms with Crippen LogP contribution in [0.4, 0.5) is 13.2 Å². The zero-order chi connectivity index (χ0) is 21.8. The number of hydrogen-bond acceptors (Lipinski definition) is 4. The number of alkyl halides is 2. The molecule has 0 aliphatic heterocycles. The van der Waals surface area contributed by atoms with Crippen molar-refractivity contribution in [3.8, 4) is 16.9 Å². The van der Waals surface area contributed by atoms with Crippen molar-refractivity contribution in [3.05, 3.63) is 96.1 Å². The van der Waals surface area contributed by atoms with E-state index >= 15 is 0 Å². The van der Waals surface area contributed by atoms with Gasteiger partial charge in [-0.2, -0.15) is 13.9 Å². The zero-order valence-corrected chi connectivity index (χ0v) is 16.7. The van der Waals surface area contributed by atoms with Crippen molar-refractivity contribution in [1.82, 2.24) is 19.7 Å². The van der Waals surface area contributed by atoms with Gasteiger partial charge in [-0.25, -0.2) is 4.39 Å². The summed E-state index contributed by atoms with van der Waals surface area (Å²) in [4.78, 5) is 8.41. The molecule has 0 N–H and O–H groups in total. The second-order valence-corrected chi connectivity index (χ2v) is 6.98. The minimum Gasteiger partial charge on any atom is -0.496 e. The van der Waals surface area contributed by atoms with E-state index in [1.807, 2.05) is 6.07 Å². The van der Waals surface area contributed by atoms with Gasteiger partial charge >= 0.3 is 5.92 Å². The van der Waals surface area contributed by atoms with Gasteiger partial charge in [0.25, 0.3) is 0 Å². The number of ether oxygens (including phenoxy) is 1. The Bertz CT molecular complexity index is 1160. The molecule has 1 aromatic carbocycles. The van der Waals surface area contributed by atoms with E-state index in [1.54, 1.807) is 30.5 Å². The number of nitrogens with zero attached hydrogens (tertiary/aromatic N) is 4. The van der Waals surface area contributed by atoms with Crippen molar-refractivity contribution in [1.29, 1.82) is 0 Å². The lowest BCUT2D eigenvalue weighted by Gasteiger charge is -2.16. The average Bonchev–Trinajstić information content (AvgIpc) is 3.27. The van der Waals surface area contributed by atoms with Crippen LogP contribution < -0.4 is 4.74 Å². The number of hydrogen-bond donors (Lipinski definition) is 0. The molecule has 158 valence electrons. The van der Waals surface area contributed by atoms with Crippen molar-refractivity contribution >= 4 is 0 Å². The van der Waals surface area contributed by atoms with Crippen LogP contribution in [-0.2, 0) is 18.9 Å². The fourth-order valence-electron chi connectivity index (χ4n) is 3.33. The maximum atomic E-state index is 14.5. The van der Waals surface area contributed by atoms with E-state index < -0.39 is 18.3 Å². The van der Waals surface area contributed by atoms with E-state index in [-0.39, 0.29) is 5.69 Å². The number of benzene rings is 1. The maximum Gasteiger partial charge on any atom is 0.308 e. The molecule has 0 aliphatic rings. The van der Waals surface area contributed by atoms with E-state index in [0.717, 1.165) is 11.1 Å². The standard InChI is InChI=1S/C23H19F3N4O/c1-31-21-13-17(24)6-7-19(21)18-4-2-9-27-20(18)12-16-5-8-22(28-14-16)23(25,26)15-30-11-3-10-29-30/h2-11,13-14H,12,15H2,1H3. The SMILES string of the molecule is COc1cc(F)ccc1-c1cccnc1Cc1ccc(C(F)(F)Cn2cccn2)nc1. The summed E-state index contributed by atoms with van der Waals surface area (Å²) in [5.41, 5.74) is 2.56. The Balaban J connectivity index is 1.58. The molecule has 0 aliphatic carbocycles. The smallest absolute Gasteiger partial charge is 0.308 e. The second-order valence-electron chi connectivity index (χ2n) is 6.98. The van der Waals surface area contributed by atoms with Gasteiger partial charge in [0.2, 0.25) is 0 Å². The molecule has 0 radical (unpaired) electrons. The van der Waals surface area contributed by atoms with Gasteiger partial charge in [0.05, 0.1) is 12.8 Å². The fourth-order valence-corrected chi connectivity index (χ4v) is 3.33. The molecule has 3 aromatic heterocycles. The van der Waals surface area contributed by atoms with Crippen molar-refractivity contribution < 1.29 is 17.9 Å². The molecule has 31 heavy (non-hydrogen) atoms. The average molecular weight is 424 g/mol. The zero-order valence-electron chi connectivity index (χ0n) is 16.7. The summed E-state index contributed by atoms with van der Waals surface area (Å²) < 4.78 is 49.1. The van der Waals surface area contributed by atoms with Crippen molar-refractivity contribution in [2.45, 2.75) is 18.9 Å². The van der Waals surface area contributed by atoms with Crippen molar-refractivity contribution in [2.24, 2.45) is 0 Å². The first-order valence-corrected chi connectivity index (χ1v) is 9.55. The highest BCUT2D eigenvalue weighted by Crippen LogP contribution is 2.33. The molecular weight excluding hydrogens is 405 g/mol. The highest BCUT2D eigenvalue weighted by Gasteiger charge is 2.34. The van der Waals surface area contributed by atoms with Gasteiger partial charge in [-0.05, 0) is 35.9 Å². The Labute approximate surface area is 177 Å². The first-order valence-electron chi connectivity index (χ1n) is 9.55. The molecule has 0 bridgehead atoms. The molecule has 0 spiro atoms. The van der Waals surface area contributed by atoms with Crippen LogP contribution in [0.2, 0.25) is 0 Å². The van der Waals surface area contributed by atoms with E-state index in [2.05, 4.69) is 15.1 Å². The molecule has 5 nitrogen and oxygen atoms in total. The number of methoxy groups -OCH3 is 1. The van der Waals surface area contributed by atoms with Crippen LogP contribution >= 0.6 is 0 Å². The molecule has 8 heteroatoms. The van der Waals surface area contributed by atoms with E-state index in [9.17, 15) is 13.2 Å². The third kappa shape index (κ3) is 4.58. The lowest BCUT2D eigenvalue weighted by molar-refractivity contribution is -0.0296. The summed E-state index contributed by atoms with van der Waals surface area (Å²) in [5, 5.41) is 3.83. The van der Waals surface area contributed by atoms with Gasteiger partial charge < -0.3 is 4.74 Å². The molecule has 0 saturated carbocycles. The lowest BCUT2D eigenvalue weighted by Crippen LogP contribution is -2.23. The Kier molecular flexibility index (Phi) is 5.70. The summed E-state index contributed by atoms with van der Waals surface area (Å²) in [6.07, 6.45) is 6.37. The van der Waals surface area contributed by atoms with E-state index in [1.165, 1.54) is 48.6 Å². The quantitative estimate of drug-likeness (QED) is 0.425. The van der Waals surface area contributed by atoms with Crippen LogP contribution in [0.3, 0.4) is 0 Å². The minimum absolute atomic E-state index is 0.326. The number of rotatable bonds is 7. The lowest BCUT2D eigenvalue weighted by atomic mass is 9.99. The highest BCUT2D eigenvalue weighted by atomic mass is 19.3. The van der Waals surface area contributed by atoms with Gasteiger partial charge in [0, 0.05) is 48.4 Å². The summed E-state index contributed by atoms with van der Waals surface area (Å²) in [6.45, 7) is -0.582.